The summed E-state index contributed by atoms with van der Waals surface area (Å²) < 4.78 is 11.5. The molecule has 1 N–H and O–H groups in total. The lowest BCUT2D eigenvalue weighted by molar-refractivity contribution is -0.0469. The molecular formula is C22H31NO2. The fraction of sp³-hybridized carbons (Fsp3) is 0.545. The molecule has 3 heteroatoms. The Bertz CT molecular complexity index is 633. The summed E-state index contributed by atoms with van der Waals surface area (Å²) in [5.74, 6) is 1.55. The third-order valence-corrected chi connectivity index (χ3v) is 5.57. The third-order valence-electron chi connectivity index (χ3n) is 5.57. The van der Waals surface area contributed by atoms with Crippen molar-refractivity contribution in [3.63, 3.8) is 0 Å². The van der Waals surface area contributed by atoms with Crippen molar-refractivity contribution in [2.75, 3.05) is 13.2 Å². The van der Waals surface area contributed by atoms with E-state index in [0.717, 1.165) is 44.7 Å². The number of aryl methyl sites for hydroxylation is 1. The van der Waals surface area contributed by atoms with Gasteiger partial charge in [0, 0.05) is 12.0 Å². The number of hydrogen-bond acceptors (Lipinski definition) is 3. The van der Waals surface area contributed by atoms with Crippen LogP contribution in [0.3, 0.4) is 0 Å². The van der Waals surface area contributed by atoms with Gasteiger partial charge in [0.1, 0.15) is 5.76 Å². The molecule has 1 fully saturated rings. The van der Waals surface area contributed by atoms with Gasteiger partial charge >= 0.3 is 0 Å². The van der Waals surface area contributed by atoms with E-state index in [1.165, 1.54) is 11.1 Å². The molecule has 0 spiro atoms. The van der Waals surface area contributed by atoms with Gasteiger partial charge in [-0.15, -0.1) is 0 Å². The first-order chi connectivity index (χ1) is 12.1. The van der Waals surface area contributed by atoms with E-state index in [1.54, 1.807) is 6.26 Å². The summed E-state index contributed by atoms with van der Waals surface area (Å²) in [7, 11) is 0. The number of nitrogens with one attached hydrogen (secondary N) is 1. The minimum atomic E-state index is 0.205. The molecule has 2 atom stereocenters. The molecule has 25 heavy (non-hydrogen) atoms. The van der Waals surface area contributed by atoms with Crippen LogP contribution in [0.1, 0.15) is 50.0 Å². The second-order valence-corrected chi connectivity index (χ2v) is 7.76. The van der Waals surface area contributed by atoms with Crippen LogP contribution in [-0.4, -0.2) is 19.3 Å². The molecular weight excluding hydrogens is 310 g/mol. The number of hydrogen-bond donors (Lipinski definition) is 1. The number of rotatable bonds is 7. The highest BCUT2D eigenvalue weighted by molar-refractivity contribution is 5.29. The Kier molecular flexibility index (Phi) is 5.98. The highest BCUT2D eigenvalue weighted by Crippen LogP contribution is 2.41. The molecule has 2 aromatic rings. The van der Waals surface area contributed by atoms with E-state index in [2.05, 4.69) is 50.4 Å². The molecule has 0 radical (unpaired) electrons. The molecule has 3 nitrogen and oxygen atoms in total. The summed E-state index contributed by atoms with van der Waals surface area (Å²) in [6.45, 7) is 9.33. The summed E-state index contributed by atoms with van der Waals surface area (Å²) in [6, 6.07) is 13.1. The van der Waals surface area contributed by atoms with E-state index in [4.69, 9.17) is 9.15 Å². The van der Waals surface area contributed by atoms with E-state index in [0.29, 0.717) is 12.0 Å². The third kappa shape index (κ3) is 4.53. The zero-order valence-corrected chi connectivity index (χ0v) is 15.8. The molecule has 1 saturated heterocycles. The average molecular weight is 341 g/mol. The average Bonchev–Trinajstić information content (AvgIpc) is 3.13. The zero-order valence-electron chi connectivity index (χ0n) is 15.8. The van der Waals surface area contributed by atoms with Crippen LogP contribution < -0.4 is 5.32 Å². The van der Waals surface area contributed by atoms with Gasteiger partial charge in [0.05, 0.1) is 18.9 Å². The molecule has 3 rings (SSSR count). The fourth-order valence-electron chi connectivity index (χ4n) is 3.87. The highest BCUT2D eigenvalue weighted by atomic mass is 16.5. The Morgan fingerprint density at radius 1 is 1.20 bits per heavy atom. The van der Waals surface area contributed by atoms with Crippen molar-refractivity contribution >= 4 is 0 Å². The molecule has 0 aliphatic carbocycles. The number of ether oxygens (including phenoxy) is 1. The first kappa shape index (κ1) is 18.2. The molecule has 1 aromatic heterocycles. The molecule has 1 aromatic carbocycles. The first-order valence-corrected chi connectivity index (χ1v) is 9.51. The maximum atomic E-state index is 6.07. The van der Waals surface area contributed by atoms with E-state index in [-0.39, 0.29) is 5.41 Å². The smallest absolute Gasteiger partial charge is 0.117 e. The van der Waals surface area contributed by atoms with Crippen molar-refractivity contribution in [3.05, 3.63) is 59.5 Å². The van der Waals surface area contributed by atoms with E-state index < -0.39 is 0 Å². The monoisotopic (exact) mass is 341 g/mol. The summed E-state index contributed by atoms with van der Waals surface area (Å²) in [6.07, 6.45) is 5.41. The Labute approximate surface area is 151 Å². The van der Waals surface area contributed by atoms with Crippen molar-refractivity contribution < 1.29 is 9.15 Å². The van der Waals surface area contributed by atoms with Gasteiger partial charge in [0.25, 0.3) is 0 Å². The minimum Gasteiger partial charge on any atom is -0.468 e. The van der Waals surface area contributed by atoms with Crippen molar-refractivity contribution in [1.82, 2.24) is 5.32 Å². The molecule has 2 heterocycles. The van der Waals surface area contributed by atoms with Crippen LogP contribution in [0.5, 0.6) is 0 Å². The summed E-state index contributed by atoms with van der Waals surface area (Å²) in [5, 5.41) is 3.55. The molecule has 0 unspecified atom stereocenters. The standard InChI is InChI=1S/C22H31NO2/c1-17(2)21-15-22(11-14-25-21,19-8-6-18(3)7-9-19)10-12-23-16-20-5-4-13-24-20/h4-9,13,17,21,23H,10-12,14-16H2,1-3H3/t21-,22-/m1/s1. The lowest BCUT2D eigenvalue weighted by atomic mass is 9.68. The fourth-order valence-corrected chi connectivity index (χ4v) is 3.87. The van der Waals surface area contributed by atoms with Gasteiger partial charge in [-0.3, -0.25) is 0 Å². The van der Waals surface area contributed by atoms with Gasteiger partial charge in [-0.25, -0.2) is 0 Å². The summed E-state index contributed by atoms with van der Waals surface area (Å²) in [5.41, 5.74) is 2.99. The van der Waals surface area contributed by atoms with Gasteiger partial charge in [-0.05, 0) is 56.3 Å². The van der Waals surface area contributed by atoms with Crippen LogP contribution in [0.25, 0.3) is 0 Å². The van der Waals surface area contributed by atoms with Gasteiger partial charge in [-0.2, -0.15) is 0 Å². The lowest BCUT2D eigenvalue weighted by Crippen LogP contribution is -2.42. The second kappa shape index (κ2) is 8.20. The number of furan rings is 1. The van der Waals surface area contributed by atoms with Crippen LogP contribution in [0.15, 0.2) is 47.1 Å². The van der Waals surface area contributed by atoms with Crippen LogP contribution in [0.4, 0.5) is 0 Å². The Balaban J connectivity index is 1.70. The molecule has 1 aliphatic heterocycles. The van der Waals surface area contributed by atoms with Crippen LogP contribution in [0, 0.1) is 12.8 Å². The number of benzene rings is 1. The molecule has 0 amide bonds. The lowest BCUT2D eigenvalue weighted by Gasteiger charge is -2.43. The summed E-state index contributed by atoms with van der Waals surface area (Å²) in [4.78, 5) is 0. The van der Waals surface area contributed by atoms with Gasteiger partial charge in [0.15, 0.2) is 0 Å². The summed E-state index contributed by atoms with van der Waals surface area (Å²) >= 11 is 0. The van der Waals surface area contributed by atoms with Gasteiger partial charge < -0.3 is 14.5 Å². The molecule has 0 bridgehead atoms. The minimum absolute atomic E-state index is 0.205. The quantitative estimate of drug-likeness (QED) is 0.732. The maximum Gasteiger partial charge on any atom is 0.117 e. The molecule has 1 aliphatic rings. The van der Waals surface area contributed by atoms with Crippen molar-refractivity contribution in [2.24, 2.45) is 5.92 Å². The topological polar surface area (TPSA) is 34.4 Å². The predicted molar refractivity (Wildman–Crippen MR) is 102 cm³/mol. The Hall–Kier alpha value is -1.58. The van der Waals surface area contributed by atoms with Crippen molar-refractivity contribution in [2.45, 2.75) is 58.1 Å². The van der Waals surface area contributed by atoms with E-state index in [1.807, 2.05) is 12.1 Å². The van der Waals surface area contributed by atoms with Gasteiger partial charge in [0.2, 0.25) is 0 Å². The SMILES string of the molecule is Cc1ccc([C@]2(CCNCc3ccco3)CCO[C@@H](C(C)C)C2)cc1. The van der Waals surface area contributed by atoms with Crippen LogP contribution in [0.2, 0.25) is 0 Å². The van der Waals surface area contributed by atoms with E-state index >= 15 is 0 Å². The second-order valence-electron chi connectivity index (χ2n) is 7.76. The Morgan fingerprint density at radius 3 is 2.68 bits per heavy atom. The largest absolute Gasteiger partial charge is 0.468 e. The van der Waals surface area contributed by atoms with Crippen molar-refractivity contribution in [3.8, 4) is 0 Å². The van der Waals surface area contributed by atoms with Gasteiger partial charge in [-0.1, -0.05) is 43.7 Å². The maximum absolute atomic E-state index is 6.07. The van der Waals surface area contributed by atoms with Crippen LogP contribution >= 0.6 is 0 Å². The van der Waals surface area contributed by atoms with Crippen LogP contribution in [-0.2, 0) is 16.7 Å². The zero-order chi connectivity index (χ0) is 17.7. The van der Waals surface area contributed by atoms with Crippen molar-refractivity contribution in [1.29, 1.82) is 0 Å². The molecule has 0 saturated carbocycles. The normalized spacial score (nSPS) is 23.9. The predicted octanol–water partition coefficient (Wildman–Crippen LogP) is 4.84. The van der Waals surface area contributed by atoms with E-state index in [9.17, 15) is 0 Å². The first-order valence-electron chi connectivity index (χ1n) is 9.51. The Morgan fingerprint density at radius 2 is 2.00 bits per heavy atom. The highest BCUT2D eigenvalue weighted by Gasteiger charge is 2.39. The molecule has 136 valence electrons.